The summed E-state index contributed by atoms with van der Waals surface area (Å²) in [4.78, 5) is 13.0. The second-order valence-corrected chi connectivity index (χ2v) is 11.3. The number of nitrogens with zero attached hydrogens (tertiary/aromatic N) is 3. The molecule has 0 fully saturated rings. The number of thioether (sulfide) groups is 1. The van der Waals surface area contributed by atoms with Gasteiger partial charge in [0.05, 0.1) is 10.6 Å². The Morgan fingerprint density at radius 3 is 2.50 bits per heavy atom. The Hall–Kier alpha value is -2.43. The van der Waals surface area contributed by atoms with Gasteiger partial charge in [-0.3, -0.25) is 14.4 Å². The van der Waals surface area contributed by atoms with Crippen LogP contribution in [0.4, 0.5) is 10.8 Å². The van der Waals surface area contributed by atoms with Gasteiger partial charge in [0.1, 0.15) is 6.54 Å². The fraction of sp³-hybridized carbons (Fsp3) is 0.318. The molecule has 0 aliphatic carbocycles. The van der Waals surface area contributed by atoms with Gasteiger partial charge >= 0.3 is 0 Å². The lowest BCUT2D eigenvalue weighted by atomic mass is 10.1. The number of carbonyl (C=O) groups excluding carboxylic acids is 1. The van der Waals surface area contributed by atoms with Crippen LogP contribution in [-0.2, 0) is 21.2 Å². The van der Waals surface area contributed by atoms with Crippen LogP contribution < -0.4 is 9.62 Å². The molecule has 0 atom stereocenters. The summed E-state index contributed by atoms with van der Waals surface area (Å²) in [6.45, 7) is 5.55. The molecule has 32 heavy (non-hydrogen) atoms. The first kappa shape index (κ1) is 24.2. The van der Waals surface area contributed by atoms with Crippen LogP contribution in [0, 0.1) is 6.92 Å². The fourth-order valence-electron chi connectivity index (χ4n) is 2.99. The number of benzene rings is 2. The molecular weight excluding hydrogens is 464 g/mol. The number of sulfonamides is 1. The second kappa shape index (κ2) is 10.9. The molecule has 1 heterocycles. The Morgan fingerprint density at radius 1 is 1.09 bits per heavy atom. The van der Waals surface area contributed by atoms with Gasteiger partial charge in [-0.1, -0.05) is 72.8 Å². The second-order valence-electron chi connectivity index (χ2n) is 7.08. The number of hydrogen-bond donors (Lipinski definition) is 1. The highest BCUT2D eigenvalue weighted by atomic mass is 32.2. The van der Waals surface area contributed by atoms with E-state index in [4.69, 9.17) is 0 Å². The van der Waals surface area contributed by atoms with Gasteiger partial charge in [0, 0.05) is 5.75 Å². The summed E-state index contributed by atoms with van der Waals surface area (Å²) in [5, 5.41) is 11.1. The molecule has 7 nitrogen and oxygen atoms in total. The maximum absolute atomic E-state index is 13.5. The summed E-state index contributed by atoms with van der Waals surface area (Å²) in [6.07, 6.45) is 1.64. The number of amides is 1. The third-order valence-electron chi connectivity index (χ3n) is 4.62. The first-order valence-electron chi connectivity index (χ1n) is 10.3. The zero-order chi connectivity index (χ0) is 23.1. The van der Waals surface area contributed by atoms with E-state index < -0.39 is 15.9 Å². The number of aryl methyl sites for hydroxylation is 2. The van der Waals surface area contributed by atoms with Crippen molar-refractivity contribution in [3.05, 3.63) is 59.7 Å². The van der Waals surface area contributed by atoms with Crippen molar-refractivity contribution in [1.82, 2.24) is 10.2 Å². The van der Waals surface area contributed by atoms with Crippen molar-refractivity contribution in [3.8, 4) is 0 Å². The molecule has 0 spiro atoms. The van der Waals surface area contributed by atoms with E-state index in [0.717, 1.165) is 27.6 Å². The summed E-state index contributed by atoms with van der Waals surface area (Å²) in [5.41, 5.74) is 2.28. The molecule has 3 rings (SSSR count). The number of carbonyl (C=O) groups is 1. The van der Waals surface area contributed by atoms with Crippen LogP contribution in [0.2, 0.25) is 0 Å². The highest BCUT2D eigenvalue weighted by Gasteiger charge is 2.29. The van der Waals surface area contributed by atoms with E-state index in [1.165, 1.54) is 15.6 Å². The summed E-state index contributed by atoms with van der Waals surface area (Å²) >= 11 is 2.85. The quantitative estimate of drug-likeness (QED) is 0.326. The smallest absolute Gasteiger partial charge is 0.264 e. The number of anilines is 2. The zero-order valence-electron chi connectivity index (χ0n) is 18.2. The first-order valence-corrected chi connectivity index (χ1v) is 13.5. The zero-order valence-corrected chi connectivity index (χ0v) is 20.7. The summed E-state index contributed by atoms with van der Waals surface area (Å²) in [7, 11) is -3.96. The minimum absolute atomic E-state index is 0.135. The van der Waals surface area contributed by atoms with Gasteiger partial charge in [-0.15, -0.1) is 10.2 Å². The molecule has 0 aliphatic rings. The average molecular weight is 491 g/mol. The molecule has 0 radical (unpaired) electrons. The lowest BCUT2D eigenvalue weighted by Crippen LogP contribution is -2.38. The van der Waals surface area contributed by atoms with Crippen LogP contribution in [0.15, 0.2) is 57.8 Å². The van der Waals surface area contributed by atoms with Crippen molar-refractivity contribution in [1.29, 1.82) is 0 Å². The molecule has 0 bridgehead atoms. The Kier molecular flexibility index (Phi) is 8.27. The predicted octanol–water partition coefficient (Wildman–Crippen LogP) is 4.75. The Bertz CT molecular complexity index is 1160. The van der Waals surface area contributed by atoms with E-state index in [-0.39, 0.29) is 11.4 Å². The molecule has 2 aromatic carbocycles. The van der Waals surface area contributed by atoms with Gasteiger partial charge in [0.25, 0.3) is 10.0 Å². The van der Waals surface area contributed by atoms with Gasteiger partial charge in [-0.05, 0) is 43.5 Å². The highest BCUT2D eigenvalue weighted by molar-refractivity contribution is 8.01. The van der Waals surface area contributed by atoms with Gasteiger partial charge in [-0.25, -0.2) is 8.42 Å². The number of rotatable bonds is 10. The summed E-state index contributed by atoms with van der Waals surface area (Å²) in [6, 6.07) is 13.8. The molecule has 170 valence electrons. The van der Waals surface area contributed by atoms with Crippen molar-refractivity contribution >= 4 is 49.8 Å². The predicted molar refractivity (Wildman–Crippen MR) is 131 cm³/mol. The SMILES string of the molecule is CCCSc1nnc(NC(=O)CN(c2ccccc2CC)S(=O)(=O)c2ccc(C)cc2)s1. The molecule has 0 aliphatic heterocycles. The molecule has 10 heteroatoms. The molecule has 0 saturated heterocycles. The van der Waals surface area contributed by atoms with Gasteiger partial charge < -0.3 is 0 Å². The molecule has 1 N–H and O–H groups in total. The van der Waals surface area contributed by atoms with Gasteiger partial charge in [0.15, 0.2) is 4.34 Å². The lowest BCUT2D eigenvalue weighted by molar-refractivity contribution is -0.114. The third kappa shape index (κ3) is 5.87. The minimum atomic E-state index is -3.96. The lowest BCUT2D eigenvalue weighted by Gasteiger charge is -2.26. The van der Waals surface area contributed by atoms with Crippen molar-refractivity contribution < 1.29 is 13.2 Å². The summed E-state index contributed by atoms with van der Waals surface area (Å²) < 4.78 is 29.0. The monoisotopic (exact) mass is 490 g/mol. The number of nitrogens with one attached hydrogen (secondary N) is 1. The number of aromatic nitrogens is 2. The third-order valence-corrected chi connectivity index (χ3v) is 8.57. The topological polar surface area (TPSA) is 92.3 Å². The average Bonchev–Trinajstić information content (AvgIpc) is 3.23. The van der Waals surface area contributed by atoms with E-state index in [2.05, 4.69) is 22.4 Å². The van der Waals surface area contributed by atoms with Crippen molar-refractivity contribution in [2.24, 2.45) is 0 Å². The van der Waals surface area contributed by atoms with E-state index >= 15 is 0 Å². The van der Waals surface area contributed by atoms with Crippen molar-refractivity contribution in [2.45, 2.75) is 42.8 Å². The fourth-order valence-corrected chi connectivity index (χ4v) is 6.14. The maximum Gasteiger partial charge on any atom is 0.264 e. The molecule has 0 saturated carbocycles. The van der Waals surface area contributed by atoms with Crippen molar-refractivity contribution in [3.63, 3.8) is 0 Å². The van der Waals surface area contributed by atoms with Crippen LogP contribution in [0.5, 0.6) is 0 Å². The molecule has 1 aromatic heterocycles. The highest BCUT2D eigenvalue weighted by Crippen LogP contribution is 2.29. The van der Waals surface area contributed by atoms with Crippen LogP contribution >= 0.6 is 23.1 Å². The van der Waals surface area contributed by atoms with Crippen molar-refractivity contribution in [2.75, 3.05) is 21.9 Å². The van der Waals surface area contributed by atoms with Crippen LogP contribution in [0.3, 0.4) is 0 Å². The normalized spacial score (nSPS) is 11.3. The van der Waals surface area contributed by atoms with Crippen LogP contribution in [-0.4, -0.2) is 36.8 Å². The Balaban J connectivity index is 1.90. The first-order chi connectivity index (χ1) is 15.3. The number of para-hydroxylation sites is 1. The van der Waals surface area contributed by atoms with Gasteiger partial charge in [0.2, 0.25) is 11.0 Å². The maximum atomic E-state index is 13.5. The standard InChI is InChI=1S/C22H26N4O3S3/c1-4-14-30-22-25-24-21(31-22)23-20(27)15-26(19-9-7-6-8-17(19)5-2)32(28,29)18-12-10-16(3)11-13-18/h6-13H,4-5,14-15H2,1-3H3,(H,23,24,27). The van der Waals surface area contributed by atoms with Crippen LogP contribution in [0.1, 0.15) is 31.4 Å². The Morgan fingerprint density at radius 2 is 1.81 bits per heavy atom. The number of hydrogen-bond acceptors (Lipinski definition) is 7. The molecule has 1 amide bonds. The minimum Gasteiger partial charge on any atom is -0.299 e. The molecule has 0 unspecified atom stereocenters. The van der Waals surface area contributed by atoms with E-state index in [9.17, 15) is 13.2 Å². The molecular formula is C22H26N4O3S3. The van der Waals surface area contributed by atoms with Crippen LogP contribution in [0.25, 0.3) is 0 Å². The largest absolute Gasteiger partial charge is 0.299 e. The van der Waals surface area contributed by atoms with E-state index in [0.29, 0.717) is 17.2 Å². The van der Waals surface area contributed by atoms with Gasteiger partial charge in [-0.2, -0.15) is 0 Å². The molecule has 3 aromatic rings. The Labute approximate surface area is 197 Å². The van der Waals surface area contributed by atoms with E-state index in [1.807, 2.05) is 26.0 Å². The summed E-state index contributed by atoms with van der Waals surface area (Å²) in [5.74, 6) is 0.439. The van der Waals surface area contributed by atoms with E-state index in [1.54, 1.807) is 48.2 Å².